The minimum Gasteiger partial charge on any atom is -0.358 e. The average molecular weight is 165 g/mol. The molecule has 3 nitrogen and oxygen atoms in total. The number of nitrogens with zero attached hydrogens (tertiary/aromatic N) is 2. The molecule has 2 aromatic heterocycles. The van der Waals surface area contributed by atoms with Crippen LogP contribution in [0.15, 0.2) is 18.7 Å². The van der Waals surface area contributed by atoms with Gasteiger partial charge in [0.2, 0.25) is 0 Å². The highest BCUT2D eigenvalue weighted by atomic mass is 14.9. The minimum atomic E-state index is 0. The van der Waals surface area contributed by atoms with Crippen LogP contribution in [0.4, 0.5) is 0 Å². The number of aromatic amines is 1. The Morgan fingerprint density at radius 2 is 2.17 bits per heavy atom. The van der Waals surface area contributed by atoms with E-state index < -0.39 is 0 Å². The SMILES string of the molecule is CC.Cc1c[nH]c2cncnc12.[HH]. The highest BCUT2D eigenvalue weighted by molar-refractivity contribution is 5.77. The lowest BCUT2D eigenvalue weighted by Crippen LogP contribution is -1.77. The van der Waals surface area contributed by atoms with Crippen molar-refractivity contribution in [2.24, 2.45) is 0 Å². The highest BCUT2D eigenvalue weighted by Gasteiger charge is 1.97. The van der Waals surface area contributed by atoms with Crippen LogP contribution in [0.3, 0.4) is 0 Å². The molecular formula is C9H15N3. The zero-order valence-electron chi connectivity index (χ0n) is 7.63. The van der Waals surface area contributed by atoms with Crippen molar-refractivity contribution in [3.8, 4) is 0 Å². The van der Waals surface area contributed by atoms with E-state index in [0.717, 1.165) is 16.6 Å². The molecule has 2 aromatic rings. The summed E-state index contributed by atoms with van der Waals surface area (Å²) in [7, 11) is 0. The number of hydrogen-bond donors (Lipinski definition) is 1. The van der Waals surface area contributed by atoms with Crippen LogP contribution in [0.2, 0.25) is 0 Å². The second kappa shape index (κ2) is 3.85. The molecule has 0 aliphatic carbocycles. The molecule has 0 unspecified atom stereocenters. The van der Waals surface area contributed by atoms with Crippen LogP contribution in [0.25, 0.3) is 11.0 Å². The normalized spacial score (nSPS) is 9.25. The molecule has 2 heterocycles. The van der Waals surface area contributed by atoms with Crippen molar-refractivity contribution in [3.05, 3.63) is 24.3 Å². The molecule has 66 valence electrons. The first-order valence-electron chi connectivity index (χ1n) is 4.11. The zero-order valence-corrected chi connectivity index (χ0v) is 7.63. The molecule has 3 heteroatoms. The summed E-state index contributed by atoms with van der Waals surface area (Å²) in [6, 6.07) is 0. The molecule has 0 bridgehead atoms. The molecular weight excluding hydrogens is 150 g/mol. The lowest BCUT2D eigenvalue weighted by molar-refractivity contribution is 1.21. The van der Waals surface area contributed by atoms with Gasteiger partial charge in [0.1, 0.15) is 6.33 Å². The van der Waals surface area contributed by atoms with Crippen molar-refractivity contribution in [3.63, 3.8) is 0 Å². The van der Waals surface area contributed by atoms with Gasteiger partial charge in [0, 0.05) is 7.62 Å². The summed E-state index contributed by atoms with van der Waals surface area (Å²) >= 11 is 0. The Morgan fingerprint density at radius 3 is 2.83 bits per heavy atom. The minimum absolute atomic E-state index is 0. The fourth-order valence-electron chi connectivity index (χ4n) is 1.00. The number of fused-ring (bicyclic) bond motifs is 1. The molecule has 0 aliphatic rings. The molecule has 0 saturated heterocycles. The van der Waals surface area contributed by atoms with E-state index in [9.17, 15) is 0 Å². The van der Waals surface area contributed by atoms with Crippen molar-refractivity contribution >= 4 is 11.0 Å². The predicted molar refractivity (Wildman–Crippen MR) is 52.1 cm³/mol. The molecule has 0 amide bonds. The summed E-state index contributed by atoms with van der Waals surface area (Å²) in [6.07, 6.45) is 5.26. The molecule has 0 spiro atoms. The van der Waals surface area contributed by atoms with Crippen LogP contribution >= 0.6 is 0 Å². The number of nitrogens with one attached hydrogen (secondary N) is 1. The lowest BCUT2D eigenvalue weighted by atomic mass is 10.3. The summed E-state index contributed by atoms with van der Waals surface area (Å²) in [6.45, 7) is 6.02. The number of rotatable bonds is 0. The van der Waals surface area contributed by atoms with Crippen molar-refractivity contribution in [1.82, 2.24) is 15.0 Å². The van der Waals surface area contributed by atoms with E-state index in [1.165, 1.54) is 0 Å². The summed E-state index contributed by atoms with van der Waals surface area (Å²) in [5, 5.41) is 0. The number of aromatic nitrogens is 3. The van der Waals surface area contributed by atoms with Crippen LogP contribution in [0.1, 0.15) is 20.8 Å². The number of hydrogen-bond acceptors (Lipinski definition) is 2. The molecule has 0 saturated carbocycles. The van der Waals surface area contributed by atoms with Crippen molar-refractivity contribution in [2.45, 2.75) is 20.8 Å². The maximum Gasteiger partial charge on any atom is 0.116 e. The maximum atomic E-state index is 4.10. The standard InChI is InChI=1S/C7H7N3.C2H6.H2/c1-5-2-9-6-3-8-4-10-7(5)6;1-2;/h2-4,9H,1H3;1-2H3;1H. The monoisotopic (exact) mass is 165 g/mol. The summed E-state index contributed by atoms with van der Waals surface area (Å²) in [5.74, 6) is 0. The van der Waals surface area contributed by atoms with Crippen LogP contribution in [-0.4, -0.2) is 15.0 Å². The van der Waals surface area contributed by atoms with Gasteiger partial charge in [-0.15, -0.1) is 0 Å². The Balaban J connectivity index is 0.000000451. The fourth-order valence-corrected chi connectivity index (χ4v) is 1.00. The smallest absolute Gasteiger partial charge is 0.116 e. The van der Waals surface area contributed by atoms with Gasteiger partial charge in [0.15, 0.2) is 0 Å². The van der Waals surface area contributed by atoms with Crippen molar-refractivity contribution in [1.29, 1.82) is 0 Å². The summed E-state index contributed by atoms with van der Waals surface area (Å²) in [5.41, 5.74) is 3.17. The Bertz CT molecular complexity index is 356. The lowest BCUT2D eigenvalue weighted by Gasteiger charge is -1.85. The van der Waals surface area contributed by atoms with Gasteiger partial charge in [0.05, 0.1) is 17.2 Å². The highest BCUT2D eigenvalue weighted by Crippen LogP contribution is 2.11. The second-order valence-electron chi connectivity index (χ2n) is 2.26. The molecule has 0 atom stereocenters. The third-order valence-electron chi connectivity index (χ3n) is 1.53. The van der Waals surface area contributed by atoms with Crippen LogP contribution in [-0.2, 0) is 0 Å². The Morgan fingerprint density at radius 1 is 1.42 bits per heavy atom. The Labute approximate surface area is 73.3 Å². The zero-order chi connectivity index (χ0) is 8.97. The van der Waals surface area contributed by atoms with Gasteiger partial charge in [-0.05, 0) is 12.5 Å². The molecule has 0 aromatic carbocycles. The van der Waals surface area contributed by atoms with Gasteiger partial charge in [-0.2, -0.15) is 0 Å². The molecule has 0 fully saturated rings. The van der Waals surface area contributed by atoms with Gasteiger partial charge in [-0.25, -0.2) is 9.97 Å². The fraction of sp³-hybridized carbons (Fsp3) is 0.333. The van der Waals surface area contributed by atoms with Crippen molar-refractivity contribution in [2.75, 3.05) is 0 Å². The van der Waals surface area contributed by atoms with Crippen LogP contribution < -0.4 is 0 Å². The largest absolute Gasteiger partial charge is 0.358 e. The number of H-pyrrole nitrogens is 1. The first-order chi connectivity index (χ1) is 5.88. The van der Waals surface area contributed by atoms with E-state index in [1.807, 2.05) is 27.0 Å². The van der Waals surface area contributed by atoms with Crippen LogP contribution in [0, 0.1) is 6.92 Å². The molecule has 1 N–H and O–H groups in total. The van der Waals surface area contributed by atoms with Crippen LogP contribution in [0.5, 0.6) is 0 Å². The van der Waals surface area contributed by atoms with E-state index in [1.54, 1.807) is 12.5 Å². The second-order valence-corrected chi connectivity index (χ2v) is 2.26. The maximum absolute atomic E-state index is 4.10. The van der Waals surface area contributed by atoms with E-state index in [2.05, 4.69) is 15.0 Å². The molecule has 2 rings (SSSR count). The Hall–Kier alpha value is -1.38. The van der Waals surface area contributed by atoms with Gasteiger partial charge in [-0.1, -0.05) is 13.8 Å². The average Bonchev–Trinajstić information content (AvgIpc) is 2.53. The van der Waals surface area contributed by atoms with E-state index in [4.69, 9.17) is 0 Å². The quantitative estimate of drug-likeness (QED) is 0.651. The van der Waals surface area contributed by atoms with E-state index >= 15 is 0 Å². The Kier molecular flexibility index (Phi) is 2.80. The summed E-state index contributed by atoms with van der Waals surface area (Å²) in [4.78, 5) is 11.0. The molecule has 0 radical (unpaired) electrons. The first-order valence-corrected chi connectivity index (χ1v) is 4.11. The van der Waals surface area contributed by atoms with Crippen molar-refractivity contribution < 1.29 is 1.43 Å². The topological polar surface area (TPSA) is 41.6 Å². The van der Waals surface area contributed by atoms with E-state index in [0.29, 0.717) is 0 Å². The molecule has 0 aliphatic heterocycles. The number of aryl methyl sites for hydroxylation is 1. The van der Waals surface area contributed by atoms with Gasteiger partial charge in [0.25, 0.3) is 0 Å². The third-order valence-corrected chi connectivity index (χ3v) is 1.53. The first kappa shape index (κ1) is 8.71. The van der Waals surface area contributed by atoms with Gasteiger partial charge < -0.3 is 4.98 Å². The van der Waals surface area contributed by atoms with Gasteiger partial charge in [-0.3, -0.25) is 0 Å². The summed E-state index contributed by atoms with van der Waals surface area (Å²) < 4.78 is 0. The predicted octanol–water partition coefficient (Wildman–Crippen LogP) is 2.54. The van der Waals surface area contributed by atoms with Gasteiger partial charge >= 0.3 is 0 Å². The van der Waals surface area contributed by atoms with E-state index in [-0.39, 0.29) is 1.43 Å². The molecule has 12 heavy (non-hydrogen) atoms. The third kappa shape index (κ3) is 1.44.